The van der Waals surface area contributed by atoms with Gasteiger partial charge in [-0.2, -0.15) is 0 Å². The molecule has 0 aliphatic carbocycles. The third-order valence-corrected chi connectivity index (χ3v) is 6.70. The standard InChI is InChI=1S/C29H30N4O4S/c1-20(2)33(28(36)25-14-9-15-37-25)18-27(35)32-29-30-23(19-38-29)17-26(34)31-24(22-12-7-4-8-13-22)16-21-10-5-3-6-11-21/h3-15,19-20,24H,16-18H2,1-2H3,(H,31,34)(H,30,32,35). The van der Waals surface area contributed by atoms with Crippen LogP contribution in [0.5, 0.6) is 0 Å². The Hall–Kier alpha value is -4.24. The van der Waals surface area contributed by atoms with Crippen molar-refractivity contribution < 1.29 is 18.8 Å². The number of aromatic nitrogens is 1. The van der Waals surface area contributed by atoms with Gasteiger partial charge in [-0.05, 0) is 43.5 Å². The first kappa shape index (κ1) is 26.8. The molecule has 4 rings (SSSR count). The van der Waals surface area contributed by atoms with Crippen molar-refractivity contribution in [1.82, 2.24) is 15.2 Å². The lowest BCUT2D eigenvalue weighted by molar-refractivity contribution is -0.121. The zero-order chi connectivity index (χ0) is 26.9. The third-order valence-electron chi connectivity index (χ3n) is 5.89. The van der Waals surface area contributed by atoms with E-state index in [-0.39, 0.29) is 48.5 Å². The van der Waals surface area contributed by atoms with E-state index in [1.165, 1.54) is 22.5 Å². The molecule has 0 aliphatic heterocycles. The van der Waals surface area contributed by atoms with Crippen LogP contribution in [0.2, 0.25) is 0 Å². The first-order chi connectivity index (χ1) is 18.4. The number of thiazole rings is 1. The van der Waals surface area contributed by atoms with Crippen molar-refractivity contribution in [2.24, 2.45) is 0 Å². The van der Waals surface area contributed by atoms with E-state index < -0.39 is 0 Å². The van der Waals surface area contributed by atoms with Crippen molar-refractivity contribution in [3.63, 3.8) is 0 Å². The van der Waals surface area contributed by atoms with Gasteiger partial charge in [-0.1, -0.05) is 60.7 Å². The van der Waals surface area contributed by atoms with Gasteiger partial charge in [-0.3, -0.25) is 14.4 Å². The largest absolute Gasteiger partial charge is 0.459 e. The summed E-state index contributed by atoms with van der Waals surface area (Å²) in [5.74, 6) is -0.723. The predicted octanol–water partition coefficient (Wildman–Crippen LogP) is 4.87. The third kappa shape index (κ3) is 7.39. The van der Waals surface area contributed by atoms with Crippen molar-refractivity contribution >= 4 is 34.2 Å². The average Bonchev–Trinajstić information content (AvgIpc) is 3.60. The Kier molecular flexibility index (Phi) is 9.05. The highest BCUT2D eigenvalue weighted by Crippen LogP contribution is 2.20. The van der Waals surface area contributed by atoms with Crippen molar-refractivity contribution in [3.8, 4) is 0 Å². The van der Waals surface area contributed by atoms with E-state index in [0.29, 0.717) is 17.2 Å². The Bertz CT molecular complexity index is 1340. The highest BCUT2D eigenvalue weighted by atomic mass is 32.1. The first-order valence-electron chi connectivity index (χ1n) is 12.4. The average molecular weight is 531 g/mol. The van der Waals surface area contributed by atoms with Gasteiger partial charge in [0.2, 0.25) is 11.8 Å². The van der Waals surface area contributed by atoms with Gasteiger partial charge in [0.05, 0.1) is 24.4 Å². The molecule has 4 aromatic rings. The van der Waals surface area contributed by atoms with Crippen LogP contribution in [0, 0.1) is 0 Å². The van der Waals surface area contributed by atoms with Crippen LogP contribution >= 0.6 is 11.3 Å². The van der Waals surface area contributed by atoms with Crippen LogP contribution in [0.1, 0.15) is 47.3 Å². The number of rotatable bonds is 11. The normalized spacial score (nSPS) is 11.7. The second-order valence-electron chi connectivity index (χ2n) is 9.09. The highest BCUT2D eigenvalue weighted by molar-refractivity contribution is 7.13. The lowest BCUT2D eigenvalue weighted by Gasteiger charge is -2.24. The second-order valence-corrected chi connectivity index (χ2v) is 9.95. The Morgan fingerprint density at radius 1 is 0.947 bits per heavy atom. The molecule has 8 nitrogen and oxygen atoms in total. The molecule has 9 heteroatoms. The van der Waals surface area contributed by atoms with E-state index in [4.69, 9.17) is 4.42 Å². The summed E-state index contributed by atoms with van der Waals surface area (Å²) >= 11 is 1.23. The van der Waals surface area contributed by atoms with Crippen LogP contribution in [-0.4, -0.2) is 40.2 Å². The number of furan rings is 1. The summed E-state index contributed by atoms with van der Waals surface area (Å²) in [6.07, 6.45) is 2.17. The van der Waals surface area contributed by atoms with E-state index in [9.17, 15) is 14.4 Å². The Labute approximate surface area is 225 Å². The number of carbonyl (C=O) groups is 3. The molecule has 0 fully saturated rings. The second kappa shape index (κ2) is 12.8. The van der Waals surface area contributed by atoms with Gasteiger partial charge >= 0.3 is 0 Å². The minimum atomic E-state index is -0.379. The number of nitrogens with one attached hydrogen (secondary N) is 2. The summed E-state index contributed by atoms with van der Waals surface area (Å²) in [5, 5.41) is 7.98. The number of hydrogen-bond acceptors (Lipinski definition) is 6. The highest BCUT2D eigenvalue weighted by Gasteiger charge is 2.24. The Morgan fingerprint density at radius 2 is 1.66 bits per heavy atom. The zero-order valence-electron chi connectivity index (χ0n) is 21.3. The smallest absolute Gasteiger partial charge is 0.290 e. The van der Waals surface area contributed by atoms with E-state index in [2.05, 4.69) is 15.6 Å². The lowest BCUT2D eigenvalue weighted by atomic mass is 9.98. The molecule has 0 saturated carbocycles. The molecule has 38 heavy (non-hydrogen) atoms. The van der Waals surface area contributed by atoms with Gasteiger partial charge in [-0.25, -0.2) is 4.98 Å². The number of amides is 3. The summed E-state index contributed by atoms with van der Waals surface area (Å²) in [4.78, 5) is 44.1. The zero-order valence-corrected chi connectivity index (χ0v) is 22.1. The van der Waals surface area contributed by atoms with Crippen molar-refractivity contribution in [3.05, 3.63) is 107 Å². The molecule has 2 aromatic carbocycles. The van der Waals surface area contributed by atoms with Gasteiger partial charge in [0.25, 0.3) is 5.91 Å². The van der Waals surface area contributed by atoms with Crippen LogP contribution in [0.15, 0.2) is 88.9 Å². The molecular formula is C29H30N4O4S. The topological polar surface area (TPSA) is 105 Å². The van der Waals surface area contributed by atoms with Crippen LogP contribution < -0.4 is 10.6 Å². The number of nitrogens with zero attached hydrogens (tertiary/aromatic N) is 2. The van der Waals surface area contributed by atoms with Gasteiger partial charge in [0.15, 0.2) is 10.9 Å². The van der Waals surface area contributed by atoms with E-state index in [1.54, 1.807) is 17.5 Å². The number of benzene rings is 2. The van der Waals surface area contributed by atoms with E-state index in [0.717, 1.165) is 11.1 Å². The molecule has 0 aliphatic rings. The maximum absolute atomic E-state index is 12.9. The SMILES string of the molecule is CC(C)N(CC(=O)Nc1nc(CC(=O)NC(Cc2ccccc2)c2ccccc2)cs1)C(=O)c1ccco1. The van der Waals surface area contributed by atoms with E-state index >= 15 is 0 Å². The minimum absolute atomic E-state index is 0.0829. The molecule has 0 bridgehead atoms. The van der Waals surface area contributed by atoms with Crippen LogP contribution in [0.25, 0.3) is 0 Å². The molecular weight excluding hydrogens is 500 g/mol. The summed E-state index contributed by atoms with van der Waals surface area (Å²) in [6.45, 7) is 3.51. The summed E-state index contributed by atoms with van der Waals surface area (Å²) in [6, 6.07) is 22.7. The fourth-order valence-electron chi connectivity index (χ4n) is 3.99. The summed E-state index contributed by atoms with van der Waals surface area (Å²) in [7, 11) is 0. The fraction of sp³-hybridized carbons (Fsp3) is 0.241. The molecule has 1 atom stereocenters. The molecule has 2 N–H and O–H groups in total. The molecule has 2 heterocycles. The Balaban J connectivity index is 1.35. The van der Waals surface area contributed by atoms with Gasteiger partial charge in [0.1, 0.15) is 6.54 Å². The number of hydrogen-bond donors (Lipinski definition) is 2. The summed E-state index contributed by atoms with van der Waals surface area (Å²) in [5.41, 5.74) is 2.71. The van der Waals surface area contributed by atoms with Crippen LogP contribution in [0.3, 0.4) is 0 Å². The van der Waals surface area contributed by atoms with E-state index in [1.807, 2.05) is 74.5 Å². The first-order valence-corrected chi connectivity index (χ1v) is 13.2. The van der Waals surface area contributed by atoms with Crippen molar-refractivity contribution in [1.29, 1.82) is 0 Å². The quantitative estimate of drug-likeness (QED) is 0.288. The van der Waals surface area contributed by atoms with Gasteiger partial charge < -0.3 is 20.0 Å². The Morgan fingerprint density at radius 3 is 2.32 bits per heavy atom. The molecule has 196 valence electrons. The van der Waals surface area contributed by atoms with Gasteiger partial charge in [-0.15, -0.1) is 11.3 Å². The molecule has 0 radical (unpaired) electrons. The maximum atomic E-state index is 12.9. The van der Waals surface area contributed by atoms with Crippen molar-refractivity contribution in [2.45, 2.75) is 38.8 Å². The molecule has 0 saturated heterocycles. The fourth-order valence-corrected chi connectivity index (χ4v) is 4.71. The molecule has 3 amide bonds. The van der Waals surface area contributed by atoms with Crippen LogP contribution in [0.4, 0.5) is 5.13 Å². The molecule has 1 unspecified atom stereocenters. The number of carbonyl (C=O) groups excluding carboxylic acids is 3. The predicted molar refractivity (Wildman–Crippen MR) is 147 cm³/mol. The molecule has 2 aromatic heterocycles. The maximum Gasteiger partial charge on any atom is 0.290 e. The lowest BCUT2D eigenvalue weighted by Crippen LogP contribution is -2.42. The number of anilines is 1. The monoisotopic (exact) mass is 530 g/mol. The van der Waals surface area contributed by atoms with Crippen LogP contribution in [-0.2, 0) is 22.4 Å². The molecule has 0 spiro atoms. The minimum Gasteiger partial charge on any atom is -0.459 e. The van der Waals surface area contributed by atoms with Crippen molar-refractivity contribution in [2.75, 3.05) is 11.9 Å². The van der Waals surface area contributed by atoms with Gasteiger partial charge in [0, 0.05) is 11.4 Å². The summed E-state index contributed by atoms with van der Waals surface area (Å²) < 4.78 is 5.18.